The van der Waals surface area contributed by atoms with Crippen molar-refractivity contribution in [2.75, 3.05) is 0 Å². The summed E-state index contributed by atoms with van der Waals surface area (Å²) in [6, 6.07) is 15.6. The molecule has 0 amide bonds. The Morgan fingerprint density at radius 1 is 1.12 bits per heavy atom. The van der Waals surface area contributed by atoms with E-state index in [0.717, 1.165) is 21.2 Å². The Bertz CT molecular complexity index is 532. The zero-order valence-electron chi connectivity index (χ0n) is 9.61. The number of carbonyl (C=O) groups is 1. The van der Waals surface area contributed by atoms with Crippen LogP contribution in [0.15, 0.2) is 53.0 Å². The van der Waals surface area contributed by atoms with Crippen molar-refractivity contribution >= 4 is 21.7 Å². The predicted molar refractivity (Wildman–Crippen MR) is 73.4 cm³/mol. The van der Waals surface area contributed by atoms with Crippen molar-refractivity contribution in [1.29, 1.82) is 0 Å². The molecule has 86 valence electrons. The van der Waals surface area contributed by atoms with Gasteiger partial charge in [0.2, 0.25) is 0 Å². The van der Waals surface area contributed by atoms with E-state index < -0.39 is 0 Å². The minimum absolute atomic E-state index is 0.168. The highest BCUT2D eigenvalue weighted by Crippen LogP contribution is 2.17. The second-order valence-corrected chi connectivity index (χ2v) is 4.96. The van der Waals surface area contributed by atoms with Crippen molar-refractivity contribution in [3.8, 4) is 0 Å². The number of rotatable bonds is 3. The number of benzene rings is 2. The summed E-state index contributed by atoms with van der Waals surface area (Å²) < 4.78 is 1.01. The number of aryl methyl sites for hydroxylation is 1. The maximum absolute atomic E-state index is 12.1. The lowest BCUT2D eigenvalue weighted by atomic mass is 9.99. The summed E-state index contributed by atoms with van der Waals surface area (Å²) in [5.74, 6) is 0.168. The zero-order chi connectivity index (χ0) is 12.3. The number of hydrogen-bond acceptors (Lipinski definition) is 1. The molecule has 0 atom stereocenters. The van der Waals surface area contributed by atoms with Crippen LogP contribution in [-0.4, -0.2) is 5.78 Å². The van der Waals surface area contributed by atoms with Crippen molar-refractivity contribution in [3.63, 3.8) is 0 Å². The number of halogens is 1. The van der Waals surface area contributed by atoms with E-state index in [-0.39, 0.29) is 5.78 Å². The van der Waals surface area contributed by atoms with Crippen LogP contribution < -0.4 is 0 Å². The number of hydrogen-bond donors (Lipinski definition) is 0. The predicted octanol–water partition coefficient (Wildman–Crippen LogP) is 4.18. The average molecular weight is 289 g/mol. The van der Waals surface area contributed by atoms with Crippen LogP contribution in [-0.2, 0) is 6.42 Å². The Morgan fingerprint density at radius 3 is 2.47 bits per heavy atom. The molecule has 0 aliphatic carbocycles. The first kappa shape index (κ1) is 12.1. The molecule has 2 heteroatoms. The van der Waals surface area contributed by atoms with Crippen molar-refractivity contribution in [1.82, 2.24) is 0 Å². The SMILES string of the molecule is Cc1cc(Br)ccc1C(=O)Cc1ccccc1. The van der Waals surface area contributed by atoms with Gasteiger partial charge in [-0.3, -0.25) is 4.79 Å². The van der Waals surface area contributed by atoms with E-state index >= 15 is 0 Å². The van der Waals surface area contributed by atoms with Gasteiger partial charge >= 0.3 is 0 Å². The van der Waals surface area contributed by atoms with Gasteiger partial charge in [-0.25, -0.2) is 0 Å². The Labute approximate surface area is 110 Å². The molecule has 0 aromatic heterocycles. The highest BCUT2D eigenvalue weighted by atomic mass is 79.9. The van der Waals surface area contributed by atoms with E-state index in [1.54, 1.807) is 0 Å². The second-order valence-electron chi connectivity index (χ2n) is 4.04. The zero-order valence-corrected chi connectivity index (χ0v) is 11.2. The van der Waals surface area contributed by atoms with E-state index in [1.165, 1.54) is 0 Å². The van der Waals surface area contributed by atoms with Crippen molar-refractivity contribution in [2.24, 2.45) is 0 Å². The highest BCUT2D eigenvalue weighted by Gasteiger charge is 2.09. The summed E-state index contributed by atoms with van der Waals surface area (Å²) in [6.07, 6.45) is 0.462. The lowest BCUT2D eigenvalue weighted by molar-refractivity contribution is 0.0992. The van der Waals surface area contributed by atoms with Gasteiger partial charge in [-0.05, 0) is 30.2 Å². The molecule has 0 radical (unpaired) electrons. The van der Waals surface area contributed by atoms with Crippen LogP contribution in [0.3, 0.4) is 0 Å². The third-order valence-electron chi connectivity index (χ3n) is 2.70. The monoisotopic (exact) mass is 288 g/mol. The smallest absolute Gasteiger partial charge is 0.167 e. The van der Waals surface area contributed by atoms with Gasteiger partial charge in [0.05, 0.1) is 0 Å². The van der Waals surface area contributed by atoms with Crippen molar-refractivity contribution < 1.29 is 4.79 Å². The molecule has 0 fully saturated rings. The van der Waals surface area contributed by atoms with Crippen LogP contribution in [0.25, 0.3) is 0 Å². The van der Waals surface area contributed by atoms with Gasteiger partial charge < -0.3 is 0 Å². The van der Waals surface area contributed by atoms with Crippen molar-refractivity contribution in [2.45, 2.75) is 13.3 Å². The van der Waals surface area contributed by atoms with Gasteiger partial charge in [0.1, 0.15) is 0 Å². The van der Waals surface area contributed by atoms with Crippen LogP contribution in [0.2, 0.25) is 0 Å². The second kappa shape index (κ2) is 5.28. The molecule has 2 aromatic rings. The van der Waals surface area contributed by atoms with Crippen LogP contribution in [0.1, 0.15) is 21.5 Å². The van der Waals surface area contributed by atoms with Crippen LogP contribution in [0.4, 0.5) is 0 Å². The fraction of sp³-hybridized carbons (Fsp3) is 0.133. The molecule has 0 aliphatic rings. The maximum Gasteiger partial charge on any atom is 0.167 e. The van der Waals surface area contributed by atoms with Crippen LogP contribution in [0.5, 0.6) is 0 Å². The van der Waals surface area contributed by atoms with Crippen LogP contribution >= 0.6 is 15.9 Å². The molecule has 0 spiro atoms. The maximum atomic E-state index is 12.1. The molecule has 0 saturated carbocycles. The molecule has 17 heavy (non-hydrogen) atoms. The van der Waals surface area contributed by atoms with E-state index in [0.29, 0.717) is 6.42 Å². The normalized spacial score (nSPS) is 10.2. The van der Waals surface area contributed by atoms with E-state index in [1.807, 2.05) is 55.5 Å². The van der Waals surface area contributed by atoms with Crippen LogP contribution in [0, 0.1) is 6.92 Å². The number of carbonyl (C=O) groups excluding carboxylic acids is 1. The molecule has 2 rings (SSSR count). The number of ketones is 1. The van der Waals surface area contributed by atoms with E-state index in [2.05, 4.69) is 15.9 Å². The third kappa shape index (κ3) is 3.04. The molecule has 0 bridgehead atoms. The standard InChI is InChI=1S/C15H13BrO/c1-11-9-13(16)7-8-14(11)15(17)10-12-5-3-2-4-6-12/h2-9H,10H2,1H3. The largest absolute Gasteiger partial charge is 0.294 e. The van der Waals surface area contributed by atoms with Gasteiger partial charge in [0, 0.05) is 16.5 Å². The van der Waals surface area contributed by atoms with Gasteiger partial charge in [0.15, 0.2) is 5.78 Å². The average Bonchev–Trinajstić information content (AvgIpc) is 2.30. The summed E-state index contributed by atoms with van der Waals surface area (Å²) in [7, 11) is 0. The topological polar surface area (TPSA) is 17.1 Å². The molecule has 0 heterocycles. The Kier molecular flexibility index (Phi) is 3.75. The minimum Gasteiger partial charge on any atom is -0.294 e. The first-order valence-electron chi connectivity index (χ1n) is 5.50. The number of Topliss-reactive ketones (excluding diaryl/α,β-unsaturated/α-hetero) is 1. The molecular weight excluding hydrogens is 276 g/mol. The molecule has 2 aromatic carbocycles. The van der Waals surface area contributed by atoms with E-state index in [4.69, 9.17) is 0 Å². The fourth-order valence-electron chi connectivity index (χ4n) is 1.82. The van der Waals surface area contributed by atoms with Gasteiger partial charge in [-0.1, -0.05) is 52.3 Å². The molecule has 0 saturated heterocycles. The minimum atomic E-state index is 0.168. The Hall–Kier alpha value is -1.41. The van der Waals surface area contributed by atoms with Crippen molar-refractivity contribution in [3.05, 3.63) is 69.7 Å². The summed E-state index contributed by atoms with van der Waals surface area (Å²) in [6.45, 7) is 1.96. The van der Waals surface area contributed by atoms with Gasteiger partial charge in [-0.2, -0.15) is 0 Å². The molecule has 0 unspecified atom stereocenters. The fourth-order valence-corrected chi connectivity index (χ4v) is 2.29. The van der Waals surface area contributed by atoms with Gasteiger partial charge in [0.25, 0.3) is 0 Å². The third-order valence-corrected chi connectivity index (χ3v) is 3.19. The molecule has 1 nitrogen and oxygen atoms in total. The summed E-state index contributed by atoms with van der Waals surface area (Å²) in [5, 5.41) is 0. The summed E-state index contributed by atoms with van der Waals surface area (Å²) in [5.41, 5.74) is 2.87. The highest BCUT2D eigenvalue weighted by molar-refractivity contribution is 9.10. The Morgan fingerprint density at radius 2 is 1.82 bits per heavy atom. The molecular formula is C15H13BrO. The van der Waals surface area contributed by atoms with E-state index in [9.17, 15) is 4.79 Å². The van der Waals surface area contributed by atoms with Gasteiger partial charge in [-0.15, -0.1) is 0 Å². The first-order valence-corrected chi connectivity index (χ1v) is 6.29. The molecule has 0 N–H and O–H groups in total. The first-order chi connectivity index (χ1) is 8.16. The summed E-state index contributed by atoms with van der Waals surface area (Å²) in [4.78, 5) is 12.1. The quantitative estimate of drug-likeness (QED) is 0.775. The molecule has 0 aliphatic heterocycles. The lowest BCUT2D eigenvalue weighted by Gasteiger charge is -2.05. The summed E-state index contributed by atoms with van der Waals surface area (Å²) >= 11 is 3.40. The Balaban J connectivity index is 2.21. The lowest BCUT2D eigenvalue weighted by Crippen LogP contribution is -2.05.